The monoisotopic (exact) mass is 804 g/mol. The Labute approximate surface area is 344 Å². The number of phosphoric acid groups is 1. The van der Waals surface area contributed by atoms with E-state index >= 15 is 0 Å². The first-order valence-electron chi connectivity index (χ1n) is 24.2. The summed E-state index contributed by atoms with van der Waals surface area (Å²) < 4.78 is 36.6. The second-order valence-electron chi connectivity index (χ2n) is 18.1. The molecule has 55 heavy (non-hydrogen) atoms. The topological polar surface area (TPSA) is 77.1 Å². The first-order chi connectivity index (χ1) is 26.6. The molecule has 0 spiro atoms. The molecular weight excluding hydrogens is 705 g/mol. The number of hydrogen-bond acceptors (Lipinski definition) is 6. The van der Waals surface area contributed by atoms with Crippen LogP contribution >= 0.6 is 7.82 Å². The fourth-order valence-corrected chi connectivity index (χ4v) is 8.16. The summed E-state index contributed by atoms with van der Waals surface area (Å²) in [5, 5.41) is 0. The van der Waals surface area contributed by atoms with Crippen LogP contribution in [0, 0.1) is 5.41 Å². The van der Waals surface area contributed by atoms with Crippen LogP contribution in [0.1, 0.15) is 233 Å². The van der Waals surface area contributed by atoms with E-state index in [0.717, 1.165) is 30.3 Å². The minimum Gasteiger partial charge on any atom is -0.756 e. The molecule has 0 radical (unpaired) electrons. The van der Waals surface area contributed by atoms with Crippen molar-refractivity contribution in [3.05, 3.63) is 0 Å². The largest absolute Gasteiger partial charge is 0.756 e. The zero-order valence-electron chi connectivity index (χ0n) is 38.1. The van der Waals surface area contributed by atoms with E-state index in [1.807, 2.05) is 6.92 Å². The van der Waals surface area contributed by atoms with Crippen LogP contribution in [0.15, 0.2) is 0 Å². The van der Waals surface area contributed by atoms with Crippen molar-refractivity contribution < 1.29 is 32.5 Å². The molecule has 0 N–H and O–H groups in total. The molecule has 0 aliphatic carbocycles. The van der Waals surface area contributed by atoms with Crippen LogP contribution in [0.2, 0.25) is 0 Å². The zero-order valence-corrected chi connectivity index (χ0v) is 39.0. The number of quaternary nitrogens is 1. The zero-order chi connectivity index (χ0) is 40.6. The Balaban J connectivity index is 4.43. The summed E-state index contributed by atoms with van der Waals surface area (Å²) in [6, 6.07) is 0. The molecule has 0 aromatic rings. The van der Waals surface area contributed by atoms with E-state index in [1.165, 1.54) is 186 Å². The molecule has 0 fully saturated rings. The standard InChI is InChI=1S/C47H98NO6P/c1-7-10-13-16-18-20-22-24-26-28-30-32-34-37-41-51-44-47(4,46-54-55(49,50)53-43-40-48(5,6)39-36-15-12-9-3)45-52-42-38-35-33-31-29-27-25-23-21-19-17-14-11-8-2/h7-46H2,1-6H3. The van der Waals surface area contributed by atoms with Crippen LogP contribution in [-0.4, -0.2) is 71.3 Å². The number of ether oxygens (including phenoxy) is 2. The number of unbranched alkanes of at least 4 members (excludes halogenated alkanes) is 29. The van der Waals surface area contributed by atoms with Crippen LogP contribution in [0.5, 0.6) is 0 Å². The average Bonchev–Trinajstić information content (AvgIpc) is 3.15. The molecule has 8 heteroatoms. The summed E-state index contributed by atoms with van der Waals surface area (Å²) in [5.74, 6) is 0. The maximum atomic E-state index is 12.8. The van der Waals surface area contributed by atoms with Crippen molar-refractivity contribution in [2.24, 2.45) is 5.41 Å². The number of likely N-dealkylation sites (N-methyl/N-ethyl adjacent to an activating group) is 1. The van der Waals surface area contributed by atoms with E-state index < -0.39 is 13.2 Å². The Kier molecular flexibility index (Phi) is 39.4. The predicted molar refractivity (Wildman–Crippen MR) is 236 cm³/mol. The lowest BCUT2D eigenvalue weighted by molar-refractivity contribution is -0.890. The predicted octanol–water partition coefficient (Wildman–Crippen LogP) is 14.1. The van der Waals surface area contributed by atoms with E-state index in [0.29, 0.717) is 33.0 Å². The quantitative estimate of drug-likeness (QED) is 0.0346. The molecule has 1 atom stereocenters. The SMILES string of the molecule is CCCCCCCCCCCCCCCCOCC(C)(COCCCCCCCCCCCCCCCC)COP(=O)([O-])OCC[N+](C)(C)CCCCCC. The third kappa shape index (κ3) is 40.6. The van der Waals surface area contributed by atoms with E-state index in [1.54, 1.807) is 0 Å². The normalized spacial score (nSPS) is 13.5. The molecule has 0 aliphatic rings. The average molecular weight is 804 g/mol. The van der Waals surface area contributed by atoms with Crippen molar-refractivity contribution in [3.63, 3.8) is 0 Å². The first kappa shape index (κ1) is 55.0. The van der Waals surface area contributed by atoms with E-state index in [4.69, 9.17) is 18.5 Å². The molecular formula is C47H98NO6P. The molecule has 0 bridgehead atoms. The van der Waals surface area contributed by atoms with Gasteiger partial charge in [-0.05, 0) is 25.7 Å². The summed E-state index contributed by atoms with van der Waals surface area (Å²) in [5.41, 5.74) is -0.565. The molecule has 0 rings (SSSR count). The minimum atomic E-state index is -4.43. The lowest BCUT2D eigenvalue weighted by atomic mass is 9.94. The van der Waals surface area contributed by atoms with Gasteiger partial charge in [0.05, 0.1) is 40.5 Å². The molecule has 0 aliphatic heterocycles. The van der Waals surface area contributed by atoms with Gasteiger partial charge in [0.15, 0.2) is 0 Å². The van der Waals surface area contributed by atoms with Gasteiger partial charge in [-0.1, -0.05) is 207 Å². The number of rotatable bonds is 46. The van der Waals surface area contributed by atoms with Gasteiger partial charge in [-0.3, -0.25) is 4.57 Å². The van der Waals surface area contributed by atoms with Crippen molar-refractivity contribution >= 4 is 7.82 Å². The van der Waals surface area contributed by atoms with Gasteiger partial charge in [0.25, 0.3) is 7.82 Å². The van der Waals surface area contributed by atoms with Gasteiger partial charge in [-0.25, -0.2) is 0 Å². The van der Waals surface area contributed by atoms with Gasteiger partial charge in [0, 0.05) is 18.6 Å². The van der Waals surface area contributed by atoms with Crippen molar-refractivity contribution in [2.45, 2.75) is 233 Å². The van der Waals surface area contributed by atoms with Crippen molar-refractivity contribution in [1.29, 1.82) is 0 Å². The molecule has 0 aromatic heterocycles. The molecule has 0 aromatic carbocycles. The second-order valence-corrected chi connectivity index (χ2v) is 19.5. The first-order valence-corrected chi connectivity index (χ1v) is 25.6. The molecule has 0 amide bonds. The number of nitrogens with zero attached hydrogens (tertiary/aromatic N) is 1. The minimum absolute atomic E-state index is 0.000521. The van der Waals surface area contributed by atoms with E-state index in [2.05, 4.69) is 34.9 Å². The van der Waals surface area contributed by atoms with Crippen LogP contribution < -0.4 is 4.89 Å². The molecule has 332 valence electrons. The van der Waals surface area contributed by atoms with E-state index in [9.17, 15) is 9.46 Å². The van der Waals surface area contributed by atoms with Gasteiger partial charge in [-0.15, -0.1) is 0 Å². The maximum Gasteiger partial charge on any atom is 0.268 e. The fourth-order valence-electron chi connectivity index (χ4n) is 7.31. The number of phosphoric ester groups is 1. The van der Waals surface area contributed by atoms with Crippen LogP contribution in [0.25, 0.3) is 0 Å². The van der Waals surface area contributed by atoms with Gasteiger partial charge >= 0.3 is 0 Å². The summed E-state index contributed by atoms with van der Waals surface area (Å²) in [6.07, 6.45) is 42.1. The third-order valence-corrected chi connectivity index (χ3v) is 12.3. The summed E-state index contributed by atoms with van der Waals surface area (Å²) in [7, 11) is -0.170. The van der Waals surface area contributed by atoms with Crippen molar-refractivity contribution in [2.75, 3.05) is 66.8 Å². The van der Waals surface area contributed by atoms with Gasteiger partial charge in [0.1, 0.15) is 13.2 Å². The maximum absolute atomic E-state index is 12.8. The molecule has 7 nitrogen and oxygen atoms in total. The molecule has 0 saturated carbocycles. The highest BCUT2D eigenvalue weighted by atomic mass is 31.2. The number of hydrogen-bond donors (Lipinski definition) is 0. The highest BCUT2D eigenvalue weighted by Crippen LogP contribution is 2.40. The lowest BCUT2D eigenvalue weighted by Crippen LogP contribution is -2.43. The van der Waals surface area contributed by atoms with Gasteiger partial charge < -0.3 is 27.9 Å². The Bertz CT molecular complexity index is 791. The van der Waals surface area contributed by atoms with Gasteiger partial charge in [0.2, 0.25) is 0 Å². The van der Waals surface area contributed by atoms with Crippen molar-refractivity contribution in [1.82, 2.24) is 0 Å². The lowest BCUT2D eigenvalue weighted by Gasteiger charge is -2.34. The van der Waals surface area contributed by atoms with Crippen LogP contribution in [-0.2, 0) is 23.1 Å². The van der Waals surface area contributed by atoms with E-state index in [-0.39, 0.29) is 13.2 Å². The Hall–Kier alpha value is -0.0100. The second kappa shape index (κ2) is 39.5. The third-order valence-electron chi connectivity index (χ3n) is 11.3. The smallest absolute Gasteiger partial charge is 0.268 e. The highest BCUT2D eigenvalue weighted by molar-refractivity contribution is 7.45. The summed E-state index contributed by atoms with van der Waals surface area (Å²) >= 11 is 0. The Morgan fingerprint density at radius 2 is 0.727 bits per heavy atom. The van der Waals surface area contributed by atoms with Crippen LogP contribution in [0.4, 0.5) is 0 Å². The fraction of sp³-hybridized carbons (Fsp3) is 1.00. The van der Waals surface area contributed by atoms with Gasteiger partial charge in [-0.2, -0.15) is 0 Å². The highest BCUT2D eigenvalue weighted by Gasteiger charge is 2.29. The molecule has 0 heterocycles. The van der Waals surface area contributed by atoms with Crippen LogP contribution in [0.3, 0.4) is 0 Å². The molecule has 1 unspecified atom stereocenters. The Morgan fingerprint density at radius 3 is 1.07 bits per heavy atom. The summed E-state index contributed by atoms with van der Waals surface area (Å²) in [6.45, 7) is 12.7. The Morgan fingerprint density at radius 1 is 0.418 bits per heavy atom. The van der Waals surface area contributed by atoms with Crippen molar-refractivity contribution in [3.8, 4) is 0 Å². The molecule has 0 saturated heterocycles. The summed E-state index contributed by atoms with van der Waals surface area (Å²) in [4.78, 5) is 12.8.